The maximum absolute atomic E-state index is 11.4. The molecule has 2 rings (SSSR count). The van der Waals surface area contributed by atoms with E-state index < -0.39 is 5.60 Å². The van der Waals surface area contributed by atoms with Crippen molar-refractivity contribution in [2.45, 2.75) is 44.6 Å². The van der Waals surface area contributed by atoms with Gasteiger partial charge in [-0.25, -0.2) is 0 Å². The van der Waals surface area contributed by atoms with E-state index in [0.29, 0.717) is 19.3 Å². The minimum atomic E-state index is -0.985. The van der Waals surface area contributed by atoms with Crippen LogP contribution >= 0.6 is 15.9 Å². The fourth-order valence-corrected chi connectivity index (χ4v) is 3.20. The Labute approximate surface area is 104 Å². The molecule has 1 N–H and O–H groups in total. The fraction of sp³-hybridized carbons (Fsp3) is 0.615. The van der Waals surface area contributed by atoms with Gasteiger partial charge in [0.05, 0.1) is 0 Å². The molecule has 0 bridgehead atoms. The third-order valence-corrected chi connectivity index (χ3v) is 4.27. The van der Waals surface area contributed by atoms with Crippen LogP contribution in [0.1, 0.15) is 39.0 Å². The van der Waals surface area contributed by atoms with E-state index >= 15 is 0 Å². The average molecular weight is 283 g/mol. The molecule has 0 heterocycles. The summed E-state index contributed by atoms with van der Waals surface area (Å²) in [7, 11) is 0. The summed E-state index contributed by atoms with van der Waals surface area (Å²) in [6.45, 7) is 2.03. The Bertz CT molecular complexity index is 415. The Balaban J connectivity index is 2.47. The van der Waals surface area contributed by atoms with Gasteiger partial charge >= 0.3 is 0 Å². The molecule has 0 saturated heterocycles. The quantitative estimate of drug-likeness (QED) is 0.694. The molecule has 1 saturated carbocycles. The summed E-state index contributed by atoms with van der Waals surface area (Å²) < 4.78 is 0. The molecule has 3 heteroatoms. The zero-order chi connectivity index (χ0) is 11.8. The first-order chi connectivity index (χ1) is 7.52. The minimum absolute atomic E-state index is 0.184. The van der Waals surface area contributed by atoms with Crippen molar-refractivity contribution >= 4 is 21.7 Å². The van der Waals surface area contributed by atoms with Crippen LogP contribution in [0.3, 0.4) is 0 Å². The monoisotopic (exact) mass is 282 g/mol. The van der Waals surface area contributed by atoms with Gasteiger partial charge in [-0.15, -0.1) is 0 Å². The molecule has 1 fully saturated rings. The smallest absolute Gasteiger partial charge is 0.155 e. The number of fused-ring (bicyclic) bond motifs is 1. The number of carbonyl (C=O) groups excluding carboxylic acids is 1. The maximum atomic E-state index is 11.4. The van der Waals surface area contributed by atoms with E-state index in [1.807, 2.05) is 6.92 Å². The van der Waals surface area contributed by atoms with Gasteiger partial charge in [0.25, 0.3) is 0 Å². The highest BCUT2D eigenvalue weighted by atomic mass is 79.9. The van der Waals surface area contributed by atoms with E-state index in [1.165, 1.54) is 0 Å². The number of rotatable bonds is 0. The zero-order valence-corrected chi connectivity index (χ0v) is 10.9. The lowest BCUT2D eigenvalue weighted by Gasteiger charge is -2.48. The first kappa shape index (κ1) is 11.9. The van der Waals surface area contributed by atoms with Crippen molar-refractivity contribution in [3.63, 3.8) is 0 Å². The van der Waals surface area contributed by atoms with Gasteiger partial charge in [0.15, 0.2) is 5.78 Å². The van der Waals surface area contributed by atoms with E-state index in [1.54, 1.807) is 6.08 Å². The van der Waals surface area contributed by atoms with Crippen LogP contribution in [-0.4, -0.2) is 16.5 Å². The van der Waals surface area contributed by atoms with Gasteiger partial charge in [0.2, 0.25) is 0 Å². The summed E-state index contributed by atoms with van der Waals surface area (Å²) in [5, 5.41) is 10.7. The number of hydrogen-bond donors (Lipinski definition) is 1. The largest absolute Gasteiger partial charge is 0.377 e. The number of ketones is 1. The van der Waals surface area contributed by atoms with E-state index in [0.717, 1.165) is 18.4 Å². The molecule has 0 spiro atoms. The van der Waals surface area contributed by atoms with Crippen LogP contribution in [0.4, 0.5) is 0 Å². The van der Waals surface area contributed by atoms with Crippen molar-refractivity contribution in [2.75, 3.05) is 0 Å². The van der Waals surface area contributed by atoms with Crippen LogP contribution in [0.25, 0.3) is 0 Å². The second-order valence-electron chi connectivity index (χ2n) is 4.90. The van der Waals surface area contributed by atoms with E-state index in [2.05, 4.69) is 26.7 Å². The molecule has 0 aromatic heterocycles. The summed E-state index contributed by atoms with van der Waals surface area (Å²) in [6.07, 6.45) is 5.45. The Hall–Kier alpha value is -0.590. The van der Waals surface area contributed by atoms with Gasteiger partial charge in [0, 0.05) is 27.8 Å². The molecule has 2 aliphatic rings. The summed E-state index contributed by atoms with van der Waals surface area (Å²) in [5.74, 6) is 3.07. The molecule has 86 valence electrons. The van der Waals surface area contributed by atoms with Crippen LogP contribution in [0, 0.1) is 16.2 Å². The van der Waals surface area contributed by atoms with Crippen molar-refractivity contribution in [3.05, 3.63) is 11.6 Å². The molecular weight excluding hydrogens is 268 g/mol. The van der Waals surface area contributed by atoms with Crippen molar-refractivity contribution in [3.8, 4) is 10.8 Å². The van der Waals surface area contributed by atoms with Crippen molar-refractivity contribution < 1.29 is 9.90 Å². The Kier molecular flexibility index (Phi) is 2.98. The lowest BCUT2D eigenvalue weighted by molar-refractivity contribution is -0.117. The molecular formula is C13H15BrO2. The molecule has 0 amide bonds. The van der Waals surface area contributed by atoms with Gasteiger partial charge in [-0.2, -0.15) is 0 Å². The summed E-state index contributed by atoms with van der Waals surface area (Å²) in [4.78, 5) is 14.1. The second-order valence-corrected chi connectivity index (χ2v) is 5.30. The molecule has 0 aliphatic heterocycles. The highest BCUT2D eigenvalue weighted by Crippen LogP contribution is 2.52. The predicted molar refractivity (Wildman–Crippen MR) is 65.9 cm³/mol. The first-order valence-electron chi connectivity index (χ1n) is 5.61. The van der Waals surface area contributed by atoms with Crippen molar-refractivity contribution in [2.24, 2.45) is 5.41 Å². The Morgan fingerprint density at radius 1 is 1.44 bits per heavy atom. The zero-order valence-electron chi connectivity index (χ0n) is 9.35. The lowest BCUT2D eigenvalue weighted by atomic mass is 9.57. The third kappa shape index (κ3) is 1.65. The Morgan fingerprint density at radius 3 is 2.88 bits per heavy atom. The highest BCUT2D eigenvalue weighted by molar-refractivity contribution is 9.12. The maximum Gasteiger partial charge on any atom is 0.155 e. The van der Waals surface area contributed by atoms with Crippen LogP contribution in [0.2, 0.25) is 0 Å². The van der Waals surface area contributed by atoms with E-state index in [9.17, 15) is 9.90 Å². The molecule has 16 heavy (non-hydrogen) atoms. The lowest BCUT2D eigenvalue weighted by Crippen LogP contribution is -2.50. The molecule has 2 aliphatic carbocycles. The molecule has 2 atom stereocenters. The molecule has 0 aromatic rings. The standard InChI is InChI=1S/C13H15BrO2/c1-12-6-4-11(15)9-10(12)3-2-5-13(12,16)7-8-14/h9,16H,2-6H2,1H3. The number of allylic oxidation sites excluding steroid dienone is 1. The number of carbonyl (C=O) groups is 1. The summed E-state index contributed by atoms with van der Waals surface area (Å²) in [5.41, 5.74) is -0.256. The van der Waals surface area contributed by atoms with E-state index in [-0.39, 0.29) is 11.2 Å². The van der Waals surface area contributed by atoms with Gasteiger partial charge in [0.1, 0.15) is 5.60 Å². The molecule has 0 aromatic carbocycles. The van der Waals surface area contributed by atoms with Crippen molar-refractivity contribution in [1.29, 1.82) is 0 Å². The fourth-order valence-electron chi connectivity index (χ4n) is 2.87. The van der Waals surface area contributed by atoms with Crippen molar-refractivity contribution in [1.82, 2.24) is 0 Å². The molecule has 0 radical (unpaired) electrons. The van der Waals surface area contributed by atoms with E-state index in [4.69, 9.17) is 0 Å². The van der Waals surface area contributed by atoms with Crippen LogP contribution in [0.15, 0.2) is 11.6 Å². The van der Waals surface area contributed by atoms with Gasteiger partial charge in [-0.3, -0.25) is 4.79 Å². The normalized spacial score (nSPS) is 38.2. The van der Waals surface area contributed by atoms with Gasteiger partial charge < -0.3 is 5.11 Å². The Morgan fingerprint density at radius 2 is 2.19 bits per heavy atom. The second kappa shape index (κ2) is 4.01. The highest BCUT2D eigenvalue weighted by Gasteiger charge is 2.51. The SMILES string of the molecule is CC12CCC(=O)C=C1CCCC2(O)C#CBr. The number of aliphatic hydroxyl groups is 1. The topological polar surface area (TPSA) is 37.3 Å². The molecule has 2 nitrogen and oxygen atoms in total. The van der Waals surface area contributed by atoms with Crippen LogP contribution < -0.4 is 0 Å². The summed E-state index contributed by atoms with van der Waals surface area (Å²) >= 11 is 3.07. The predicted octanol–water partition coefficient (Wildman–Crippen LogP) is 2.55. The third-order valence-electron chi connectivity index (χ3n) is 4.07. The summed E-state index contributed by atoms with van der Waals surface area (Å²) in [6, 6.07) is 0. The van der Waals surface area contributed by atoms with Crippen LogP contribution in [0.5, 0.6) is 0 Å². The number of hydrogen-bond acceptors (Lipinski definition) is 2. The number of halogens is 1. The minimum Gasteiger partial charge on any atom is -0.377 e. The average Bonchev–Trinajstić information content (AvgIpc) is 2.22. The van der Waals surface area contributed by atoms with Gasteiger partial charge in [-0.1, -0.05) is 18.4 Å². The van der Waals surface area contributed by atoms with Crippen LogP contribution in [-0.2, 0) is 4.79 Å². The molecule has 2 unspecified atom stereocenters. The van der Waals surface area contributed by atoms with Gasteiger partial charge in [-0.05, 0) is 36.6 Å². The first-order valence-corrected chi connectivity index (χ1v) is 6.40.